The van der Waals surface area contributed by atoms with Crippen LogP contribution in [0.3, 0.4) is 0 Å². The third-order valence-corrected chi connectivity index (χ3v) is 3.48. The van der Waals surface area contributed by atoms with E-state index in [0.29, 0.717) is 5.56 Å². The molecule has 0 unspecified atom stereocenters. The van der Waals surface area contributed by atoms with Gasteiger partial charge in [-0.05, 0) is 17.7 Å². The highest BCUT2D eigenvalue weighted by molar-refractivity contribution is 6.52. The number of alkyl halides is 3. The number of amides is 1. The van der Waals surface area contributed by atoms with Gasteiger partial charge in [0.2, 0.25) is 0 Å². The first kappa shape index (κ1) is 14.3. The highest BCUT2D eigenvalue weighted by atomic mass is 19.4. The Morgan fingerprint density at radius 1 is 0.909 bits per heavy atom. The molecule has 0 saturated carbocycles. The Kier molecular flexibility index (Phi) is 3.24. The molecule has 6 heteroatoms. The third-order valence-electron chi connectivity index (χ3n) is 3.48. The van der Waals surface area contributed by atoms with E-state index in [1.807, 2.05) is 0 Å². The molecule has 0 atom stereocenters. The van der Waals surface area contributed by atoms with Gasteiger partial charge in [0.15, 0.2) is 0 Å². The Hall–Kier alpha value is -2.63. The van der Waals surface area contributed by atoms with Crippen LogP contribution in [0.1, 0.15) is 21.5 Å². The van der Waals surface area contributed by atoms with E-state index < -0.39 is 23.4 Å². The normalized spacial score (nSPS) is 14.4. The first-order valence-corrected chi connectivity index (χ1v) is 6.50. The summed E-state index contributed by atoms with van der Waals surface area (Å²) in [5, 5.41) is 0. The summed E-state index contributed by atoms with van der Waals surface area (Å²) >= 11 is 0. The molecule has 0 radical (unpaired) electrons. The summed E-state index contributed by atoms with van der Waals surface area (Å²) in [5.41, 5.74) is -0.877. The monoisotopic (exact) mass is 305 g/mol. The molecule has 0 bridgehead atoms. The standard InChI is InChI=1S/C16H10F3NO2/c17-16(18,19)12-8-4-7-11-13(12)20(15(22)14(11)21)9-10-5-2-1-3-6-10/h1-8H,9H2. The maximum atomic E-state index is 13.2. The molecule has 2 aromatic carbocycles. The number of fused-ring (bicyclic) bond motifs is 1. The van der Waals surface area contributed by atoms with Crippen LogP contribution >= 0.6 is 0 Å². The lowest BCUT2D eigenvalue weighted by molar-refractivity contribution is -0.137. The van der Waals surface area contributed by atoms with Crippen LogP contribution in [0.2, 0.25) is 0 Å². The lowest BCUT2D eigenvalue weighted by Crippen LogP contribution is -2.30. The van der Waals surface area contributed by atoms with Gasteiger partial charge in [-0.1, -0.05) is 36.4 Å². The van der Waals surface area contributed by atoms with Gasteiger partial charge in [0.25, 0.3) is 11.7 Å². The second kappa shape index (κ2) is 4.98. The summed E-state index contributed by atoms with van der Waals surface area (Å²) < 4.78 is 39.5. The van der Waals surface area contributed by atoms with E-state index >= 15 is 0 Å². The van der Waals surface area contributed by atoms with Crippen molar-refractivity contribution in [2.75, 3.05) is 4.90 Å². The van der Waals surface area contributed by atoms with Crippen LogP contribution in [-0.4, -0.2) is 11.7 Å². The largest absolute Gasteiger partial charge is 0.418 e. The smallest absolute Gasteiger partial charge is 0.300 e. The maximum absolute atomic E-state index is 13.2. The minimum Gasteiger partial charge on any atom is -0.300 e. The van der Waals surface area contributed by atoms with E-state index in [4.69, 9.17) is 0 Å². The molecule has 112 valence electrons. The second-order valence-electron chi connectivity index (χ2n) is 4.91. The summed E-state index contributed by atoms with van der Waals surface area (Å²) in [7, 11) is 0. The van der Waals surface area contributed by atoms with E-state index in [2.05, 4.69) is 0 Å². The van der Waals surface area contributed by atoms with Gasteiger partial charge >= 0.3 is 6.18 Å². The summed E-state index contributed by atoms with van der Waals surface area (Å²) in [5.74, 6) is -1.84. The van der Waals surface area contributed by atoms with Crippen molar-refractivity contribution in [3.63, 3.8) is 0 Å². The quantitative estimate of drug-likeness (QED) is 0.797. The zero-order valence-corrected chi connectivity index (χ0v) is 11.2. The van der Waals surface area contributed by atoms with Crippen molar-refractivity contribution in [1.29, 1.82) is 0 Å². The molecule has 0 spiro atoms. The summed E-state index contributed by atoms with van der Waals surface area (Å²) in [4.78, 5) is 24.9. The zero-order chi connectivity index (χ0) is 15.9. The molecular formula is C16H10F3NO2. The van der Waals surface area contributed by atoms with Gasteiger partial charge in [-0.2, -0.15) is 13.2 Å². The van der Waals surface area contributed by atoms with Crippen LogP contribution in [0.15, 0.2) is 48.5 Å². The minimum absolute atomic E-state index is 0.0779. The van der Waals surface area contributed by atoms with Crippen molar-refractivity contribution in [2.45, 2.75) is 12.7 Å². The first-order valence-electron chi connectivity index (χ1n) is 6.50. The van der Waals surface area contributed by atoms with Crippen LogP contribution in [0.25, 0.3) is 0 Å². The van der Waals surface area contributed by atoms with E-state index in [1.165, 1.54) is 6.07 Å². The fourth-order valence-electron chi connectivity index (χ4n) is 2.50. The zero-order valence-electron chi connectivity index (χ0n) is 11.2. The Balaban J connectivity index is 2.12. The molecular weight excluding hydrogens is 295 g/mol. The molecule has 1 aliphatic heterocycles. The fraction of sp³-hybridized carbons (Fsp3) is 0.125. The predicted octanol–water partition coefficient (Wildman–Crippen LogP) is 3.43. The number of benzene rings is 2. The van der Waals surface area contributed by atoms with Crippen molar-refractivity contribution in [3.8, 4) is 0 Å². The van der Waals surface area contributed by atoms with E-state index in [9.17, 15) is 22.8 Å². The molecule has 0 saturated heterocycles. The number of nitrogens with zero attached hydrogens (tertiary/aromatic N) is 1. The molecule has 0 N–H and O–H groups in total. The van der Waals surface area contributed by atoms with Gasteiger partial charge in [0.1, 0.15) is 0 Å². The number of hydrogen-bond donors (Lipinski definition) is 0. The number of rotatable bonds is 2. The van der Waals surface area contributed by atoms with Crippen molar-refractivity contribution >= 4 is 17.4 Å². The van der Waals surface area contributed by atoms with Crippen LogP contribution < -0.4 is 4.90 Å². The summed E-state index contributed by atoms with van der Waals surface area (Å²) in [6.07, 6.45) is -4.63. The van der Waals surface area contributed by atoms with Crippen molar-refractivity contribution in [1.82, 2.24) is 0 Å². The lowest BCUT2D eigenvalue weighted by atomic mass is 10.1. The van der Waals surface area contributed by atoms with E-state index in [0.717, 1.165) is 17.0 Å². The predicted molar refractivity (Wildman–Crippen MR) is 73.4 cm³/mol. The van der Waals surface area contributed by atoms with E-state index in [-0.39, 0.29) is 17.8 Å². The maximum Gasteiger partial charge on any atom is 0.418 e. The van der Waals surface area contributed by atoms with Gasteiger partial charge in [-0.3, -0.25) is 14.5 Å². The Morgan fingerprint density at radius 2 is 1.59 bits per heavy atom. The van der Waals surface area contributed by atoms with Crippen molar-refractivity contribution in [2.24, 2.45) is 0 Å². The lowest BCUT2D eigenvalue weighted by Gasteiger charge is -2.20. The molecule has 1 amide bonds. The number of Topliss-reactive ketones (excluding diaryl/α,β-unsaturated/α-hetero) is 1. The number of anilines is 1. The molecule has 0 fully saturated rings. The highest BCUT2D eigenvalue weighted by Crippen LogP contribution is 2.42. The number of carbonyl (C=O) groups excluding carboxylic acids is 2. The van der Waals surface area contributed by atoms with Gasteiger partial charge in [0, 0.05) is 0 Å². The molecule has 22 heavy (non-hydrogen) atoms. The number of carbonyl (C=O) groups is 2. The van der Waals surface area contributed by atoms with Gasteiger partial charge < -0.3 is 0 Å². The topological polar surface area (TPSA) is 37.4 Å². The molecule has 2 aromatic rings. The van der Waals surface area contributed by atoms with Crippen molar-refractivity contribution < 1.29 is 22.8 Å². The molecule has 0 aromatic heterocycles. The van der Waals surface area contributed by atoms with Crippen LogP contribution in [-0.2, 0) is 17.5 Å². The summed E-state index contributed by atoms with van der Waals surface area (Å²) in [6, 6.07) is 11.8. The molecule has 1 heterocycles. The number of hydrogen-bond acceptors (Lipinski definition) is 2. The van der Waals surface area contributed by atoms with Crippen molar-refractivity contribution in [3.05, 3.63) is 65.2 Å². The Labute approximate surface area is 124 Å². The van der Waals surface area contributed by atoms with Crippen LogP contribution in [0.5, 0.6) is 0 Å². The minimum atomic E-state index is -4.63. The third kappa shape index (κ3) is 2.26. The average molecular weight is 305 g/mol. The van der Waals surface area contributed by atoms with Gasteiger partial charge in [-0.25, -0.2) is 0 Å². The number of ketones is 1. The van der Waals surface area contributed by atoms with Crippen LogP contribution in [0, 0.1) is 0 Å². The number of para-hydroxylation sites is 1. The number of halogens is 3. The molecule has 0 aliphatic carbocycles. The second-order valence-corrected chi connectivity index (χ2v) is 4.91. The van der Waals surface area contributed by atoms with Crippen LogP contribution in [0.4, 0.5) is 18.9 Å². The summed E-state index contributed by atoms with van der Waals surface area (Å²) in [6.45, 7) is -0.0779. The molecule has 3 nitrogen and oxygen atoms in total. The van der Waals surface area contributed by atoms with Gasteiger partial charge in [-0.15, -0.1) is 0 Å². The molecule has 1 aliphatic rings. The van der Waals surface area contributed by atoms with Gasteiger partial charge in [0.05, 0.1) is 23.4 Å². The Bertz CT molecular complexity index is 754. The fourth-order valence-corrected chi connectivity index (χ4v) is 2.50. The SMILES string of the molecule is O=C1C(=O)N(Cc2ccccc2)c2c1cccc2C(F)(F)F. The van der Waals surface area contributed by atoms with E-state index in [1.54, 1.807) is 30.3 Å². The first-order chi connectivity index (χ1) is 10.4. The highest BCUT2D eigenvalue weighted by Gasteiger charge is 2.44. The average Bonchev–Trinajstić information content (AvgIpc) is 2.73. The Morgan fingerprint density at radius 3 is 2.23 bits per heavy atom. The molecule has 3 rings (SSSR count).